The second-order valence-electron chi connectivity index (χ2n) is 7.50. The molecule has 1 aromatic carbocycles. The molecule has 4 heterocycles. The Morgan fingerprint density at radius 3 is 2.83 bits per heavy atom. The minimum absolute atomic E-state index is 0.716. The van der Waals surface area contributed by atoms with Crippen LogP contribution < -0.4 is 4.48 Å². The maximum Gasteiger partial charge on any atom is 0.290 e. The molecule has 0 amide bonds. The van der Waals surface area contributed by atoms with Crippen molar-refractivity contribution in [3.8, 4) is 0 Å². The average Bonchev–Trinajstić information content (AvgIpc) is 3.02. The first-order chi connectivity index (χ1) is 11.8. The first-order valence-corrected chi connectivity index (χ1v) is 9.07. The maximum atomic E-state index is 4.97. The van der Waals surface area contributed by atoms with Gasteiger partial charge in [0.2, 0.25) is 6.34 Å². The molecule has 1 saturated carbocycles. The zero-order valence-electron chi connectivity index (χ0n) is 13.7. The third-order valence-electron chi connectivity index (χ3n) is 6.27. The van der Waals surface area contributed by atoms with Crippen LogP contribution in [0.4, 0.5) is 5.69 Å². The summed E-state index contributed by atoms with van der Waals surface area (Å²) in [6.07, 6.45) is 7.18. The van der Waals surface area contributed by atoms with Crippen LogP contribution in [0.5, 0.6) is 0 Å². The third kappa shape index (κ3) is 1.70. The zero-order valence-corrected chi connectivity index (χ0v) is 13.7. The lowest BCUT2D eigenvalue weighted by Gasteiger charge is -2.36. The van der Waals surface area contributed by atoms with Gasteiger partial charge in [-0.25, -0.2) is 4.98 Å². The first-order valence-electron chi connectivity index (χ1n) is 9.07. The lowest BCUT2D eigenvalue weighted by atomic mass is 9.91. The summed E-state index contributed by atoms with van der Waals surface area (Å²) in [5, 5.41) is 8.24. The number of imidazole rings is 1. The standard InChI is InChI=1S/C18H21N6/c1-2-13(3-1)22-7-6-17-20-15-10-14(24-11-18(24)21-19-12-24)4-5-16(15)23(17)9-8-22/h4-5,10,12-13H,1-3,6-9,11H2/q+1. The van der Waals surface area contributed by atoms with Gasteiger partial charge in [-0.2, -0.15) is 4.48 Å². The van der Waals surface area contributed by atoms with Gasteiger partial charge in [0.1, 0.15) is 11.5 Å². The molecule has 6 nitrogen and oxygen atoms in total. The van der Waals surface area contributed by atoms with Crippen molar-refractivity contribution in [1.82, 2.24) is 18.9 Å². The lowest BCUT2D eigenvalue weighted by Crippen LogP contribution is -2.41. The lowest BCUT2D eigenvalue weighted by molar-refractivity contribution is 0.130. The fraction of sp³-hybridized carbons (Fsp3) is 0.500. The molecule has 1 unspecified atom stereocenters. The Bertz CT molecular complexity index is 906. The number of hydrogen-bond donors (Lipinski definition) is 0. The van der Waals surface area contributed by atoms with Crippen LogP contribution >= 0.6 is 0 Å². The van der Waals surface area contributed by atoms with E-state index in [0.717, 1.165) is 50.0 Å². The molecule has 2 fully saturated rings. The van der Waals surface area contributed by atoms with Crippen molar-refractivity contribution in [2.75, 3.05) is 19.6 Å². The van der Waals surface area contributed by atoms with E-state index in [9.17, 15) is 0 Å². The van der Waals surface area contributed by atoms with Crippen molar-refractivity contribution < 1.29 is 0 Å². The van der Waals surface area contributed by atoms with Crippen LogP contribution in [0.3, 0.4) is 0 Å². The van der Waals surface area contributed by atoms with Crippen LogP contribution in [0.1, 0.15) is 25.1 Å². The summed E-state index contributed by atoms with van der Waals surface area (Å²) in [5.41, 5.74) is 3.64. The van der Waals surface area contributed by atoms with Crippen LogP contribution in [0.25, 0.3) is 11.0 Å². The molecular formula is C18H21N6+. The van der Waals surface area contributed by atoms with E-state index in [-0.39, 0.29) is 0 Å². The van der Waals surface area contributed by atoms with E-state index < -0.39 is 0 Å². The fourth-order valence-electron chi connectivity index (χ4n) is 4.45. The summed E-state index contributed by atoms with van der Waals surface area (Å²) in [6, 6.07) is 7.54. The van der Waals surface area contributed by atoms with Gasteiger partial charge in [0.15, 0.2) is 6.54 Å². The van der Waals surface area contributed by atoms with Gasteiger partial charge in [0, 0.05) is 44.2 Å². The molecule has 6 rings (SSSR count). The van der Waals surface area contributed by atoms with Crippen LogP contribution in [-0.2, 0) is 13.0 Å². The molecule has 0 N–H and O–H groups in total. The fourth-order valence-corrected chi connectivity index (χ4v) is 4.45. The average molecular weight is 321 g/mol. The first kappa shape index (κ1) is 13.3. The Labute approximate surface area is 140 Å². The van der Waals surface area contributed by atoms with Crippen LogP contribution in [-0.4, -0.2) is 52.3 Å². The van der Waals surface area contributed by atoms with Crippen molar-refractivity contribution in [3.05, 3.63) is 24.0 Å². The van der Waals surface area contributed by atoms with E-state index >= 15 is 0 Å². The predicted octanol–water partition coefficient (Wildman–Crippen LogP) is 2.12. The number of hydrogen-bond acceptors (Lipinski definition) is 4. The molecule has 2 aromatic rings. The van der Waals surface area contributed by atoms with E-state index in [4.69, 9.17) is 4.98 Å². The summed E-state index contributed by atoms with van der Waals surface area (Å²) in [5.74, 6) is 2.39. The van der Waals surface area contributed by atoms with Gasteiger partial charge in [-0.3, -0.25) is 4.90 Å². The molecule has 3 aliphatic heterocycles. The highest BCUT2D eigenvalue weighted by Crippen LogP contribution is 2.37. The summed E-state index contributed by atoms with van der Waals surface area (Å²) in [6.45, 7) is 4.35. The Hall–Kier alpha value is -2.05. The van der Waals surface area contributed by atoms with E-state index in [2.05, 4.69) is 37.9 Å². The van der Waals surface area contributed by atoms with Gasteiger partial charge in [0.05, 0.1) is 11.0 Å². The minimum atomic E-state index is 0.716. The SMILES string of the molecule is C1=NN=C2C[N+]12c1ccc2c(c1)nc1n2CCN(C2CCC2)CC1. The number of amidine groups is 1. The Balaban J connectivity index is 1.35. The Morgan fingerprint density at radius 1 is 1.12 bits per heavy atom. The predicted molar refractivity (Wildman–Crippen MR) is 95.2 cm³/mol. The van der Waals surface area contributed by atoms with Crippen LogP contribution in [0.15, 0.2) is 28.4 Å². The zero-order chi connectivity index (χ0) is 15.7. The summed E-state index contributed by atoms with van der Waals surface area (Å²) in [4.78, 5) is 7.65. The summed E-state index contributed by atoms with van der Waals surface area (Å²) < 4.78 is 3.15. The summed E-state index contributed by atoms with van der Waals surface area (Å²) in [7, 11) is 0. The number of quaternary nitrogens is 1. The number of rotatable bonds is 2. The number of aromatic nitrogens is 2. The molecular weight excluding hydrogens is 300 g/mol. The van der Waals surface area contributed by atoms with E-state index in [1.807, 2.05) is 6.34 Å². The largest absolute Gasteiger partial charge is 0.327 e. The maximum absolute atomic E-state index is 4.97. The molecule has 4 aliphatic rings. The van der Waals surface area contributed by atoms with Gasteiger partial charge in [-0.15, -0.1) is 0 Å². The molecule has 1 aliphatic carbocycles. The second kappa shape index (κ2) is 4.52. The smallest absolute Gasteiger partial charge is 0.290 e. The second-order valence-corrected chi connectivity index (χ2v) is 7.50. The van der Waals surface area contributed by atoms with Crippen molar-refractivity contribution in [2.45, 2.75) is 38.3 Å². The van der Waals surface area contributed by atoms with Gasteiger partial charge in [-0.1, -0.05) is 16.6 Å². The highest BCUT2D eigenvalue weighted by Gasteiger charge is 2.57. The number of nitrogens with zero attached hydrogens (tertiary/aromatic N) is 6. The molecule has 0 bridgehead atoms. The van der Waals surface area contributed by atoms with Gasteiger partial charge in [-0.05, 0) is 18.9 Å². The van der Waals surface area contributed by atoms with Crippen molar-refractivity contribution in [3.63, 3.8) is 0 Å². The third-order valence-corrected chi connectivity index (χ3v) is 6.27. The van der Waals surface area contributed by atoms with Gasteiger partial charge < -0.3 is 4.57 Å². The van der Waals surface area contributed by atoms with E-state index in [1.54, 1.807) is 0 Å². The van der Waals surface area contributed by atoms with Crippen LogP contribution in [0, 0.1) is 0 Å². The van der Waals surface area contributed by atoms with Crippen LogP contribution in [0.2, 0.25) is 0 Å². The molecule has 122 valence electrons. The molecule has 1 saturated heterocycles. The highest BCUT2D eigenvalue weighted by molar-refractivity contribution is 6.23. The normalized spacial score (nSPS) is 29.1. The van der Waals surface area contributed by atoms with Gasteiger partial charge >= 0.3 is 0 Å². The number of benzene rings is 1. The Kier molecular flexibility index (Phi) is 2.50. The topological polar surface area (TPSA) is 45.8 Å². The monoisotopic (exact) mass is 321 g/mol. The van der Waals surface area contributed by atoms with Crippen molar-refractivity contribution in [1.29, 1.82) is 0 Å². The molecule has 1 aromatic heterocycles. The van der Waals surface area contributed by atoms with Gasteiger partial charge in [0.25, 0.3) is 5.84 Å². The molecule has 24 heavy (non-hydrogen) atoms. The number of fused-ring (bicyclic) bond motifs is 4. The van der Waals surface area contributed by atoms with E-state index in [1.165, 1.54) is 36.3 Å². The minimum Gasteiger partial charge on any atom is -0.327 e. The quantitative estimate of drug-likeness (QED) is 0.628. The molecule has 6 heteroatoms. The summed E-state index contributed by atoms with van der Waals surface area (Å²) >= 11 is 0. The molecule has 0 spiro atoms. The van der Waals surface area contributed by atoms with Crippen molar-refractivity contribution >= 4 is 28.9 Å². The van der Waals surface area contributed by atoms with Crippen molar-refractivity contribution in [2.24, 2.45) is 10.2 Å². The Morgan fingerprint density at radius 2 is 2.08 bits per heavy atom. The highest BCUT2D eigenvalue weighted by atomic mass is 15.6. The molecule has 0 radical (unpaired) electrons. The molecule has 1 atom stereocenters. The van der Waals surface area contributed by atoms with E-state index in [0.29, 0.717) is 4.48 Å².